The van der Waals surface area contributed by atoms with Crippen molar-refractivity contribution in [1.82, 2.24) is 5.32 Å². The number of hydrogen-bond acceptors (Lipinski definition) is 10. The van der Waals surface area contributed by atoms with Gasteiger partial charge in [0, 0.05) is 0 Å². The van der Waals surface area contributed by atoms with E-state index in [4.69, 9.17) is 9.47 Å². The second-order valence-corrected chi connectivity index (χ2v) is 12.4. The molecule has 1 amide bonds. The van der Waals surface area contributed by atoms with Gasteiger partial charge in [-0.3, -0.25) is 14.1 Å². The molecule has 13 nitrogen and oxygen atoms in total. The van der Waals surface area contributed by atoms with E-state index in [0.29, 0.717) is 19.3 Å². The van der Waals surface area contributed by atoms with Crippen LogP contribution in [0.3, 0.4) is 0 Å². The average molecular weight is 628 g/mol. The molecule has 0 aromatic heterocycles. The second-order valence-electron chi connectivity index (χ2n) is 11.2. The number of ether oxygens (including phenoxy) is 2. The van der Waals surface area contributed by atoms with Gasteiger partial charge in [0.1, 0.15) is 18.2 Å². The molecular formula is C28H54NO12P. The van der Waals surface area contributed by atoms with Crippen LogP contribution >= 0.6 is 7.82 Å². The average Bonchev–Trinajstić information content (AvgIpc) is 2.90. The number of aliphatic hydroxyl groups is 4. The minimum absolute atomic E-state index is 0.355. The number of esters is 1. The Hall–Kier alpha value is -1.15. The SMILES string of the molecule is CCCCCCCCC[C@@H](O)CC(=O)N[C@H]1[C@@H](OP(=O)(O)O)O[C@H](CO)[C@@H](O)[C@@H]1OC(=O)C[C@H](O)CCCCCCC. The number of hydrogen-bond donors (Lipinski definition) is 7. The van der Waals surface area contributed by atoms with Crippen molar-refractivity contribution in [2.45, 2.75) is 159 Å². The van der Waals surface area contributed by atoms with Crippen LogP contribution in [0.25, 0.3) is 0 Å². The molecule has 1 rings (SSSR count). The highest BCUT2D eigenvalue weighted by molar-refractivity contribution is 7.46. The van der Waals surface area contributed by atoms with Crippen molar-refractivity contribution in [2.24, 2.45) is 0 Å². The number of amides is 1. The molecule has 1 fully saturated rings. The highest BCUT2D eigenvalue weighted by Crippen LogP contribution is 2.41. The molecular weight excluding hydrogens is 573 g/mol. The third kappa shape index (κ3) is 16.6. The predicted molar refractivity (Wildman–Crippen MR) is 154 cm³/mol. The van der Waals surface area contributed by atoms with E-state index >= 15 is 0 Å². The Labute approximate surface area is 249 Å². The Morgan fingerprint density at radius 2 is 1.36 bits per heavy atom. The molecule has 248 valence electrons. The Morgan fingerprint density at radius 1 is 0.857 bits per heavy atom. The smallest absolute Gasteiger partial charge is 0.457 e. The van der Waals surface area contributed by atoms with Crippen LogP contribution in [0.2, 0.25) is 0 Å². The number of nitrogens with one attached hydrogen (secondary N) is 1. The van der Waals surface area contributed by atoms with Gasteiger partial charge in [-0.05, 0) is 12.8 Å². The van der Waals surface area contributed by atoms with Crippen molar-refractivity contribution in [3.63, 3.8) is 0 Å². The third-order valence-corrected chi connectivity index (χ3v) is 7.78. The van der Waals surface area contributed by atoms with Crippen molar-refractivity contribution >= 4 is 19.7 Å². The van der Waals surface area contributed by atoms with Crippen molar-refractivity contribution in [1.29, 1.82) is 0 Å². The topological polar surface area (TPSA) is 212 Å². The first-order valence-corrected chi connectivity index (χ1v) is 17.0. The molecule has 0 aromatic rings. The summed E-state index contributed by atoms with van der Waals surface area (Å²) in [5, 5.41) is 43.5. The van der Waals surface area contributed by atoms with Gasteiger partial charge in [0.05, 0.1) is 31.7 Å². The number of phosphoric ester groups is 1. The summed E-state index contributed by atoms with van der Waals surface area (Å²) in [5.41, 5.74) is 0. The molecule has 1 heterocycles. The van der Waals surface area contributed by atoms with Crippen LogP contribution in [-0.4, -0.2) is 91.5 Å². The van der Waals surface area contributed by atoms with Crippen molar-refractivity contribution < 1.29 is 58.4 Å². The highest BCUT2D eigenvalue weighted by atomic mass is 31.2. The predicted octanol–water partition coefficient (Wildman–Crippen LogP) is 2.57. The molecule has 1 saturated heterocycles. The quantitative estimate of drug-likeness (QED) is 0.0495. The first-order valence-electron chi connectivity index (χ1n) is 15.4. The van der Waals surface area contributed by atoms with Gasteiger partial charge < -0.3 is 45.0 Å². The minimum atomic E-state index is -5.20. The number of aliphatic hydroxyl groups excluding tert-OH is 4. The molecule has 42 heavy (non-hydrogen) atoms. The molecule has 14 heteroatoms. The standard InChI is InChI=1S/C28H54NO12P/c1-3-5-7-9-10-12-14-15-20(31)17-23(33)29-25-27(26(35)22(19-30)39-28(25)41-42(36,37)38)40-24(34)18-21(32)16-13-11-8-6-4-2/h20-22,25-28,30-32,35H,3-19H2,1-2H3,(H,29,33)(H2,36,37,38)/t20-,21-,22-,25-,26-,27-,28-/m1/s1. The summed E-state index contributed by atoms with van der Waals surface area (Å²) in [6, 6.07) is -1.59. The molecule has 0 aromatic carbocycles. The van der Waals surface area contributed by atoms with Crippen LogP contribution in [0.1, 0.15) is 117 Å². The van der Waals surface area contributed by atoms with E-state index < -0.39 is 75.6 Å². The summed E-state index contributed by atoms with van der Waals surface area (Å²) in [4.78, 5) is 44.3. The molecule has 0 saturated carbocycles. The fourth-order valence-electron chi connectivity index (χ4n) is 4.96. The van der Waals surface area contributed by atoms with Gasteiger partial charge >= 0.3 is 13.8 Å². The molecule has 7 N–H and O–H groups in total. The van der Waals surface area contributed by atoms with Gasteiger partial charge in [-0.25, -0.2) is 4.57 Å². The monoisotopic (exact) mass is 627 g/mol. The molecule has 1 aliphatic heterocycles. The van der Waals surface area contributed by atoms with Gasteiger partial charge in [-0.15, -0.1) is 0 Å². The van der Waals surface area contributed by atoms with Crippen LogP contribution in [0.15, 0.2) is 0 Å². The first kappa shape index (κ1) is 38.9. The lowest BCUT2D eigenvalue weighted by atomic mass is 9.96. The first-order chi connectivity index (χ1) is 19.9. The van der Waals surface area contributed by atoms with E-state index in [9.17, 15) is 44.4 Å². The van der Waals surface area contributed by atoms with E-state index in [1.54, 1.807) is 0 Å². The molecule has 0 radical (unpaired) electrons. The maximum atomic E-state index is 12.8. The summed E-state index contributed by atoms with van der Waals surface area (Å²) < 4.78 is 27.0. The molecule has 0 bridgehead atoms. The summed E-state index contributed by atoms with van der Waals surface area (Å²) in [7, 11) is -5.20. The molecule has 7 atom stereocenters. The lowest BCUT2D eigenvalue weighted by Crippen LogP contribution is -2.65. The van der Waals surface area contributed by atoms with E-state index in [1.165, 1.54) is 6.42 Å². The van der Waals surface area contributed by atoms with Crippen LogP contribution in [-0.2, 0) is 28.2 Å². The van der Waals surface area contributed by atoms with Gasteiger partial charge in [-0.2, -0.15) is 0 Å². The normalized spacial score (nSPS) is 24.2. The van der Waals surface area contributed by atoms with Crippen LogP contribution in [0.4, 0.5) is 0 Å². The van der Waals surface area contributed by atoms with E-state index in [-0.39, 0.29) is 6.42 Å². The zero-order valence-corrected chi connectivity index (χ0v) is 26.0. The van der Waals surface area contributed by atoms with E-state index in [0.717, 1.165) is 64.2 Å². The Morgan fingerprint density at radius 3 is 1.86 bits per heavy atom. The van der Waals surface area contributed by atoms with Gasteiger partial charge in [-0.1, -0.05) is 90.9 Å². The fraction of sp³-hybridized carbons (Fsp3) is 0.929. The van der Waals surface area contributed by atoms with Gasteiger partial charge in [0.25, 0.3) is 0 Å². The lowest BCUT2D eigenvalue weighted by Gasteiger charge is -2.43. The minimum Gasteiger partial charge on any atom is -0.457 e. The number of carbonyl (C=O) groups excluding carboxylic acids is 2. The van der Waals surface area contributed by atoms with Gasteiger partial charge in [0.2, 0.25) is 5.91 Å². The Balaban J connectivity index is 2.85. The maximum Gasteiger partial charge on any atom is 0.472 e. The number of phosphoric acid groups is 1. The zero-order valence-electron chi connectivity index (χ0n) is 25.1. The molecule has 1 aliphatic rings. The highest BCUT2D eigenvalue weighted by Gasteiger charge is 2.50. The van der Waals surface area contributed by atoms with Crippen molar-refractivity contribution in [2.75, 3.05) is 6.61 Å². The van der Waals surface area contributed by atoms with E-state index in [1.807, 2.05) is 0 Å². The van der Waals surface area contributed by atoms with Gasteiger partial charge in [0.15, 0.2) is 12.4 Å². The lowest BCUT2D eigenvalue weighted by molar-refractivity contribution is -0.254. The number of rotatable bonds is 23. The number of unbranched alkanes of at least 4 members (excludes halogenated alkanes) is 10. The molecule has 0 spiro atoms. The largest absolute Gasteiger partial charge is 0.472 e. The van der Waals surface area contributed by atoms with E-state index in [2.05, 4.69) is 23.7 Å². The Kier molecular flexibility index (Phi) is 19.9. The van der Waals surface area contributed by atoms with Crippen LogP contribution < -0.4 is 5.32 Å². The third-order valence-electron chi connectivity index (χ3n) is 7.30. The summed E-state index contributed by atoms with van der Waals surface area (Å²) in [6.45, 7) is 3.41. The number of carbonyl (C=O) groups is 2. The molecule has 0 aliphatic carbocycles. The zero-order chi connectivity index (χ0) is 31.5. The van der Waals surface area contributed by atoms with Crippen LogP contribution in [0, 0.1) is 0 Å². The maximum absolute atomic E-state index is 12.8. The van der Waals surface area contributed by atoms with Crippen LogP contribution in [0.5, 0.6) is 0 Å². The van der Waals surface area contributed by atoms with Crippen molar-refractivity contribution in [3.05, 3.63) is 0 Å². The second kappa shape index (κ2) is 21.5. The fourth-order valence-corrected chi connectivity index (χ4v) is 5.41. The Bertz CT molecular complexity index is 797. The summed E-state index contributed by atoms with van der Waals surface area (Å²) in [6.07, 6.45) is 3.29. The summed E-state index contributed by atoms with van der Waals surface area (Å²) >= 11 is 0. The van der Waals surface area contributed by atoms with Crippen molar-refractivity contribution in [3.8, 4) is 0 Å². The summed E-state index contributed by atoms with van der Waals surface area (Å²) in [5.74, 6) is -1.67. The molecule has 0 unspecified atom stereocenters.